The highest BCUT2D eigenvalue weighted by Crippen LogP contribution is 2.60. The molecule has 122 valence electrons. The lowest BCUT2D eigenvalue weighted by Gasteiger charge is -2.44. The highest BCUT2D eigenvalue weighted by Gasteiger charge is 2.46. The molecule has 1 rings (SSSR count). The molecule has 3 nitrogen and oxygen atoms in total. The lowest BCUT2D eigenvalue weighted by atomic mass is 9.84. The summed E-state index contributed by atoms with van der Waals surface area (Å²) in [4.78, 5) is 23.4. The minimum Gasteiger partial charge on any atom is -0.478 e. The number of carbonyl (C=O) groups excluding carboxylic acids is 1. The monoisotopic (exact) mass is 332 g/mol. The fraction of sp³-hybridized carbons (Fsp3) is 0.875. The van der Waals surface area contributed by atoms with E-state index in [1.54, 1.807) is 6.92 Å². The molecule has 0 aliphatic carbocycles. The summed E-state index contributed by atoms with van der Waals surface area (Å²) >= 11 is 1.34. The van der Waals surface area contributed by atoms with Gasteiger partial charge in [0.1, 0.15) is 0 Å². The first-order chi connectivity index (χ1) is 9.97. The Hall–Kier alpha value is -0.0800. The van der Waals surface area contributed by atoms with E-state index in [2.05, 4.69) is 13.8 Å². The summed E-state index contributed by atoms with van der Waals surface area (Å²) in [5.74, 6) is 1.13. The molecule has 1 N–H and O–H groups in total. The first-order valence-electron chi connectivity index (χ1n) is 8.11. The Morgan fingerprint density at radius 2 is 1.90 bits per heavy atom. The summed E-state index contributed by atoms with van der Waals surface area (Å²) in [5, 5.41) is 9.77. The summed E-state index contributed by atoms with van der Waals surface area (Å²) in [7, 11) is -1.07. The van der Waals surface area contributed by atoms with Crippen LogP contribution in [-0.4, -0.2) is 33.0 Å². The van der Waals surface area contributed by atoms with Crippen LogP contribution < -0.4 is 0 Å². The number of thioether (sulfide) groups is 1. The van der Waals surface area contributed by atoms with Crippen molar-refractivity contribution in [2.45, 2.75) is 70.9 Å². The van der Waals surface area contributed by atoms with Crippen molar-refractivity contribution in [1.82, 2.24) is 0 Å². The van der Waals surface area contributed by atoms with Crippen molar-refractivity contribution in [3.8, 4) is 0 Å². The zero-order valence-electron chi connectivity index (χ0n) is 13.6. The standard InChI is InChI=1S/C16H29O3PS/c1-4-14-10-8-6-7-9-11-20(15(18)19)16(14,5-2)12-21-13(3)17/h14H,4-12H2,1-3H3,(H,18,19). The van der Waals surface area contributed by atoms with Gasteiger partial charge in [-0.2, -0.15) is 0 Å². The van der Waals surface area contributed by atoms with Gasteiger partial charge in [0.15, 0.2) is 5.12 Å². The molecule has 0 radical (unpaired) electrons. The fourth-order valence-corrected chi connectivity index (χ4v) is 8.00. The predicted octanol–water partition coefficient (Wildman–Crippen LogP) is 5.57. The van der Waals surface area contributed by atoms with Crippen molar-refractivity contribution in [2.24, 2.45) is 5.92 Å². The zero-order valence-corrected chi connectivity index (χ0v) is 15.3. The quantitative estimate of drug-likeness (QED) is 0.669. The molecule has 1 fully saturated rings. The molecular formula is C16H29O3PS. The molecule has 21 heavy (non-hydrogen) atoms. The Balaban J connectivity index is 3.15. The van der Waals surface area contributed by atoms with Gasteiger partial charge in [-0.05, 0) is 31.3 Å². The molecule has 1 aliphatic rings. The molecule has 0 aromatic heterocycles. The van der Waals surface area contributed by atoms with Crippen LogP contribution in [0.15, 0.2) is 0 Å². The van der Waals surface area contributed by atoms with Crippen LogP contribution in [0.25, 0.3) is 0 Å². The van der Waals surface area contributed by atoms with Gasteiger partial charge in [-0.25, -0.2) is 4.79 Å². The van der Waals surface area contributed by atoms with Crippen LogP contribution in [-0.2, 0) is 4.79 Å². The van der Waals surface area contributed by atoms with E-state index in [-0.39, 0.29) is 10.3 Å². The molecule has 3 unspecified atom stereocenters. The number of carbonyl (C=O) groups is 2. The second kappa shape index (κ2) is 9.15. The SMILES string of the molecule is CCC1CCCCCCP(C(=O)O)C1(CC)CSC(C)=O. The molecule has 0 aromatic carbocycles. The third-order valence-corrected chi connectivity index (χ3v) is 9.26. The molecule has 0 saturated carbocycles. The second-order valence-electron chi connectivity index (χ2n) is 5.98. The van der Waals surface area contributed by atoms with Gasteiger partial charge in [-0.1, -0.05) is 51.3 Å². The van der Waals surface area contributed by atoms with Crippen LogP contribution in [0.5, 0.6) is 0 Å². The highest BCUT2D eigenvalue weighted by atomic mass is 32.2. The topological polar surface area (TPSA) is 54.4 Å². The highest BCUT2D eigenvalue weighted by molar-refractivity contribution is 8.13. The van der Waals surface area contributed by atoms with E-state index >= 15 is 0 Å². The molecule has 5 heteroatoms. The van der Waals surface area contributed by atoms with Crippen molar-refractivity contribution in [3.63, 3.8) is 0 Å². The zero-order chi connectivity index (χ0) is 15.9. The minimum absolute atomic E-state index is 0.109. The summed E-state index contributed by atoms with van der Waals surface area (Å²) < 4.78 is 0. The van der Waals surface area contributed by atoms with Crippen molar-refractivity contribution in [1.29, 1.82) is 0 Å². The number of hydrogen-bond donors (Lipinski definition) is 1. The molecule has 0 amide bonds. The van der Waals surface area contributed by atoms with Crippen molar-refractivity contribution in [3.05, 3.63) is 0 Å². The average Bonchev–Trinajstić information content (AvgIpc) is 2.53. The molecule has 0 spiro atoms. The molecular weight excluding hydrogens is 303 g/mol. The van der Waals surface area contributed by atoms with Crippen LogP contribution in [0.2, 0.25) is 0 Å². The first kappa shape index (κ1) is 19.0. The Labute approximate surface area is 134 Å². The largest absolute Gasteiger partial charge is 0.478 e. The van der Waals surface area contributed by atoms with Crippen LogP contribution in [0, 0.1) is 5.92 Å². The van der Waals surface area contributed by atoms with Gasteiger partial charge < -0.3 is 5.11 Å². The molecule has 3 atom stereocenters. The summed E-state index contributed by atoms with van der Waals surface area (Å²) in [6.07, 6.45) is 8.46. The fourth-order valence-electron chi connectivity index (χ4n) is 3.60. The Kier molecular flexibility index (Phi) is 8.26. The van der Waals surface area contributed by atoms with Crippen LogP contribution in [0.4, 0.5) is 4.79 Å². The molecule has 0 bridgehead atoms. The van der Waals surface area contributed by atoms with E-state index in [0.29, 0.717) is 11.7 Å². The maximum Gasteiger partial charge on any atom is 0.324 e. The van der Waals surface area contributed by atoms with Crippen molar-refractivity contribution >= 4 is 30.5 Å². The number of rotatable bonds is 5. The van der Waals surface area contributed by atoms with Gasteiger partial charge in [0.05, 0.1) is 0 Å². The third-order valence-electron chi connectivity index (χ3n) is 4.84. The van der Waals surface area contributed by atoms with E-state index in [4.69, 9.17) is 0 Å². The lowest BCUT2D eigenvalue weighted by Crippen LogP contribution is -2.40. The second-order valence-corrected chi connectivity index (χ2v) is 9.71. The van der Waals surface area contributed by atoms with E-state index < -0.39 is 13.6 Å². The predicted molar refractivity (Wildman–Crippen MR) is 92.8 cm³/mol. The number of hydrogen-bond acceptors (Lipinski definition) is 3. The molecule has 0 aromatic rings. The van der Waals surface area contributed by atoms with Crippen LogP contribution >= 0.6 is 19.7 Å². The van der Waals surface area contributed by atoms with E-state index in [9.17, 15) is 14.7 Å². The summed E-state index contributed by atoms with van der Waals surface area (Å²) in [6.45, 7) is 5.90. The van der Waals surface area contributed by atoms with Gasteiger partial charge >= 0.3 is 5.71 Å². The third kappa shape index (κ3) is 4.96. The Bertz CT molecular complexity index is 361. The van der Waals surface area contributed by atoms with Gasteiger partial charge in [0.2, 0.25) is 0 Å². The maximum atomic E-state index is 11.9. The normalized spacial score (nSPS) is 31.0. The lowest BCUT2D eigenvalue weighted by molar-refractivity contribution is -0.109. The van der Waals surface area contributed by atoms with E-state index in [0.717, 1.165) is 38.3 Å². The maximum absolute atomic E-state index is 11.9. The van der Waals surface area contributed by atoms with Crippen LogP contribution in [0.1, 0.15) is 65.7 Å². The summed E-state index contributed by atoms with van der Waals surface area (Å²) in [6, 6.07) is 0. The molecule has 1 heterocycles. The minimum atomic E-state index is -1.07. The number of carboxylic acid groups (broad SMARTS) is 1. The van der Waals surface area contributed by atoms with Gasteiger partial charge in [0.25, 0.3) is 0 Å². The smallest absolute Gasteiger partial charge is 0.324 e. The van der Waals surface area contributed by atoms with Gasteiger partial charge in [-0.15, -0.1) is 0 Å². The van der Waals surface area contributed by atoms with Gasteiger partial charge in [-0.3, -0.25) is 4.79 Å². The Morgan fingerprint density at radius 3 is 2.43 bits per heavy atom. The van der Waals surface area contributed by atoms with Crippen molar-refractivity contribution in [2.75, 3.05) is 11.9 Å². The average molecular weight is 332 g/mol. The van der Waals surface area contributed by atoms with E-state index in [1.165, 1.54) is 24.6 Å². The van der Waals surface area contributed by atoms with Crippen molar-refractivity contribution < 1.29 is 14.7 Å². The van der Waals surface area contributed by atoms with E-state index in [1.807, 2.05) is 0 Å². The van der Waals surface area contributed by atoms with Crippen LogP contribution in [0.3, 0.4) is 0 Å². The van der Waals surface area contributed by atoms with Gasteiger partial charge in [0, 0.05) is 25.8 Å². The molecule has 1 saturated heterocycles. The molecule has 1 aliphatic heterocycles. The first-order valence-corrected chi connectivity index (χ1v) is 10.6. The summed E-state index contributed by atoms with van der Waals surface area (Å²) in [5.41, 5.74) is -0.601. The Morgan fingerprint density at radius 1 is 1.24 bits per heavy atom.